The molecule has 4 N–H and O–H groups in total. The smallest absolute Gasteiger partial charge is 0.251 e. The molecular weight excluding hydrogens is 351 g/mol. The SMILES string of the molecule is CC(CN)C(=O)NCc1cccc(C(=O)NCCN(C)C)c1.Cl.Cl. The summed E-state index contributed by atoms with van der Waals surface area (Å²) in [6, 6.07) is 7.25. The van der Waals surface area contributed by atoms with E-state index in [2.05, 4.69) is 10.6 Å². The van der Waals surface area contributed by atoms with Crippen LogP contribution in [0.5, 0.6) is 0 Å². The Bertz CT molecular complexity index is 513. The molecule has 1 aromatic rings. The second-order valence-corrected chi connectivity index (χ2v) is 5.61. The van der Waals surface area contributed by atoms with Gasteiger partial charge in [-0.3, -0.25) is 9.59 Å². The Balaban J connectivity index is 0. The van der Waals surface area contributed by atoms with Crippen molar-refractivity contribution in [1.29, 1.82) is 0 Å². The second-order valence-electron chi connectivity index (χ2n) is 5.61. The van der Waals surface area contributed by atoms with Crippen LogP contribution in [0.4, 0.5) is 0 Å². The fourth-order valence-electron chi connectivity index (χ4n) is 1.79. The van der Waals surface area contributed by atoms with Gasteiger partial charge in [-0.15, -0.1) is 24.8 Å². The van der Waals surface area contributed by atoms with E-state index in [0.29, 0.717) is 25.2 Å². The first-order chi connectivity index (χ1) is 10.4. The first-order valence-corrected chi connectivity index (χ1v) is 7.43. The number of rotatable bonds is 8. The summed E-state index contributed by atoms with van der Waals surface area (Å²) in [4.78, 5) is 25.7. The van der Waals surface area contributed by atoms with Crippen molar-refractivity contribution in [3.63, 3.8) is 0 Å². The van der Waals surface area contributed by atoms with Crippen LogP contribution in [0.25, 0.3) is 0 Å². The van der Waals surface area contributed by atoms with Gasteiger partial charge in [0.05, 0.1) is 0 Å². The van der Waals surface area contributed by atoms with Crippen LogP contribution >= 0.6 is 24.8 Å². The largest absolute Gasteiger partial charge is 0.352 e. The zero-order chi connectivity index (χ0) is 16.5. The van der Waals surface area contributed by atoms with Gasteiger partial charge in [0.2, 0.25) is 5.91 Å². The van der Waals surface area contributed by atoms with Crippen LogP contribution < -0.4 is 16.4 Å². The van der Waals surface area contributed by atoms with Gasteiger partial charge in [-0.25, -0.2) is 0 Å². The van der Waals surface area contributed by atoms with Crippen LogP contribution in [0.3, 0.4) is 0 Å². The van der Waals surface area contributed by atoms with Crippen LogP contribution in [-0.4, -0.2) is 50.4 Å². The first kappa shape index (κ1) is 24.9. The van der Waals surface area contributed by atoms with E-state index in [1.807, 2.05) is 31.1 Å². The molecule has 0 radical (unpaired) electrons. The predicted molar refractivity (Wildman–Crippen MR) is 102 cm³/mol. The average Bonchev–Trinajstić information content (AvgIpc) is 2.51. The average molecular weight is 379 g/mol. The van der Waals surface area contributed by atoms with Crippen molar-refractivity contribution < 1.29 is 9.59 Å². The number of halogens is 2. The van der Waals surface area contributed by atoms with E-state index >= 15 is 0 Å². The summed E-state index contributed by atoms with van der Waals surface area (Å²) in [6.07, 6.45) is 0. The van der Waals surface area contributed by atoms with Gasteiger partial charge in [-0.2, -0.15) is 0 Å². The monoisotopic (exact) mass is 378 g/mol. The molecule has 8 heteroatoms. The Labute approximate surface area is 156 Å². The summed E-state index contributed by atoms with van der Waals surface area (Å²) >= 11 is 0. The molecular formula is C16H28Cl2N4O2. The molecule has 24 heavy (non-hydrogen) atoms. The molecule has 1 aromatic carbocycles. The third kappa shape index (κ3) is 9.08. The molecule has 1 unspecified atom stereocenters. The van der Waals surface area contributed by atoms with Gasteiger partial charge in [-0.05, 0) is 31.8 Å². The van der Waals surface area contributed by atoms with Gasteiger partial charge in [0, 0.05) is 37.7 Å². The lowest BCUT2D eigenvalue weighted by Crippen LogP contribution is -2.33. The molecule has 2 amide bonds. The lowest BCUT2D eigenvalue weighted by atomic mass is 10.1. The minimum absolute atomic E-state index is 0. The zero-order valence-corrected chi connectivity index (χ0v) is 16.0. The molecule has 6 nitrogen and oxygen atoms in total. The predicted octanol–water partition coefficient (Wildman–Crippen LogP) is 1.03. The van der Waals surface area contributed by atoms with Gasteiger partial charge >= 0.3 is 0 Å². The maximum atomic E-state index is 12.0. The van der Waals surface area contributed by atoms with Crippen LogP contribution in [0.1, 0.15) is 22.8 Å². The van der Waals surface area contributed by atoms with Crippen molar-refractivity contribution in [2.24, 2.45) is 11.7 Å². The molecule has 1 rings (SSSR count). The van der Waals surface area contributed by atoms with E-state index in [1.165, 1.54) is 0 Å². The second kappa shape index (κ2) is 13.0. The highest BCUT2D eigenvalue weighted by Crippen LogP contribution is 2.05. The van der Waals surface area contributed by atoms with Gasteiger partial charge in [0.25, 0.3) is 5.91 Å². The fraction of sp³-hybridized carbons (Fsp3) is 0.500. The number of benzene rings is 1. The normalized spacial score (nSPS) is 11.0. The first-order valence-electron chi connectivity index (χ1n) is 7.43. The van der Waals surface area contributed by atoms with E-state index in [4.69, 9.17) is 5.73 Å². The van der Waals surface area contributed by atoms with Crippen LogP contribution in [0, 0.1) is 5.92 Å². The number of nitrogens with zero attached hydrogens (tertiary/aromatic N) is 1. The van der Waals surface area contributed by atoms with Crippen LogP contribution in [0.2, 0.25) is 0 Å². The maximum Gasteiger partial charge on any atom is 0.251 e. The highest BCUT2D eigenvalue weighted by molar-refractivity contribution is 5.94. The topological polar surface area (TPSA) is 87.5 Å². The van der Waals surface area contributed by atoms with Gasteiger partial charge in [0.15, 0.2) is 0 Å². The lowest BCUT2D eigenvalue weighted by molar-refractivity contribution is -0.124. The van der Waals surface area contributed by atoms with Crippen molar-refractivity contribution in [2.75, 3.05) is 33.7 Å². The summed E-state index contributed by atoms with van der Waals surface area (Å²) in [5.41, 5.74) is 6.94. The third-order valence-corrected chi connectivity index (χ3v) is 3.30. The lowest BCUT2D eigenvalue weighted by Gasteiger charge is -2.12. The molecule has 0 saturated carbocycles. The molecule has 1 atom stereocenters. The van der Waals surface area contributed by atoms with E-state index in [-0.39, 0.29) is 42.5 Å². The molecule has 138 valence electrons. The number of amides is 2. The zero-order valence-electron chi connectivity index (χ0n) is 14.4. The number of carbonyl (C=O) groups is 2. The summed E-state index contributed by atoms with van der Waals surface area (Å²) < 4.78 is 0. The Kier molecular flexibility index (Phi) is 13.5. The minimum atomic E-state index is -0.211. The summed E-state index contributed by atoms with van der Waals surface area (Å²) in [5.74, 6) is -0.397. The van der Waals surface area contributed by atoms with Gasteiger partial charge < -0.3 is 21.3 Å². The summed E-state index contributed by atoms with van der Waals surface area (Å²) in [7, 11) is 3.91. The molecule has 0 aliphatic heterocycles. The van der Waals surface area contributed by atoms with Crippen LogP contribution in [-0.2, 0) is 11.3 Å². The molecule has 0 spiro atoms. The molecule has 0 aromatic heterocycles. The summed E-state index contributed by atoms with van der Waals surface area (Å²) in [5, 5.41) is 5.68. The van der Waals surface area contributed by atoms with Crippen molar-refractivity contribution in [2.45, 2.75) is 13.5 Å². The van der Waals surface area contributed by atoms with Gasteiger partial charge in [-0.1, -0.05) is 19.1 Å². The fourth-order valence-corrected chi connectivity index (χ4v) is 1.79. The molecule has 0 saturated heterocycles. The number of carbonyl (C=O) groups excluding carboxylic acids is 2. The van der Waals surface area contributed by atoms with E-state index < -0.39 is 0 Å². The highest BCUT2D eigenvalue weighted by Gasteiger charge is 2.11. The molecule has 0 heterocycles. The number of hydrogen-bond acceptors (Lipinski definition) is 4. The standard InChI is InChI=1S/C16H26N4O2.2ClH/c1-12(10-17)15(21)19-11-13-5-4-6-14(9-13)16(22)18-7-8-20(2)3;;/h4-6,9,12H,7-8,10-11,17H2,1-3H3,(H,18,22)(H,19,21);2*1H. The van der Waals surface area contributed by atoms with E-state index in [1.54, 1.807) is 19.1 Å². The Morgan fingerprint density at radius 1 is 1.21 bits per heavy atom. The van der Waals surface area contributed by atoms with Crippen molar-refractivity contribution in [1.82, 2.24) is 15.5 Å². The Hall–Kier alpha value is -1.34. The molecule has 0 bridgehead atoms. The third-order valence-electron chi connectivity index (χ3n) is 3.30. The van der Waals surface area contributed by atoms with Crippen LogP contribution in [0.15, 0.2) is 24.3 Å². The number of likely N-dealkylation sites (N-methyl/N-ethyl adjacent to an activating group) is 1. The minimum Gasteiger partial charge on any atom is -0.352 e. The van der Waals surface area contributed by atoms with Crippen molar-refractivity contribution in [3.05, 3.63) is 35.4 Å². The Morgan fingerprint density at radius 3 is 2.46 bits per heavy atom. The quantitative estimate of drug-likeness (QED) is 0.630. The maximum absolute atomic E-state index is 12.0. The summed E-state index contributed by atoms with van der Waals surface area (Å²) in [6.45, 7) is 3.88. The van der Waals surface area contributed by atoms with Crippen molar-refractivity contribution in [3.8, 4) is 0 Å². The van der Waals surface area contributed by atoms with Crippen molar-refractivity contribution >= 4 is 36.6 Å². The van der Waals surface area contributed by atoms with Gasteiger partial charge in [0.1, 0.15) is 0 Å². The number of nitrogens with one attached hydrogen (secondary N) is 2. The molecule has 0 aliphatic carbocycles. The van der Waals surface area contributed by atoms with E-state index in [9.17, 15) is 9.59 Å². The molecule has 0 fully saturated rings. The molecule has 0 aliphatic rings. The van der Waals surface area contributed by atoms with E-state index in [0.717, 1.165) is 12.1 Å². The number of hydrogen-bond donors (Lipinski definition) is 3. The highest BCUT2D eigenvalue weighted by atomic mass is 35.5. The Morgan fingerprint density at radius 2 is 1.88 bits per heavy atom. The number of nitrogens with two attached hydrogens (primary N) is 1.